The van der Waals surface area contributed by atoms with Gasteiger partial charge in [0.2, 0.25) is 6.04 Å². The van der Waals surface area contributed by atoms with Gasteiger partial charge >= 0.3 is 0 Å². The lowest BCUT2D eigenvalue weighted by molar-refractivity contribution is -0.555. The van der Waals surface area contributed by atoms with Gasteiger partial charge in [0.15, 0.2) is 5.79 Å². The van der Waals surface area contributed by atoms with Crippen LogP contribution >= 0.6 is 0 Å². The van der Waals surface area contributed by atoms with Crippen molar-refractivity contribution in [3.63, 3.8) is 0 Å². The molecule has 1 aromatic carbocycles. The highest BCUT2D eigenvalue weighted by Crippen LogP contribution is 2.41. The van der Waals surface area contributed by atoms with Crippen LogP contribution in [0.3, 0.4) is 0 Å². The average molecular weight is 279 g/mol. The van der Waals surface area contributed by atoms with Crippen molar-refractivity contribution < 1.29 is 14.8 Å². The second kappa shape index (κ2) is 5.50. The molecule has 0 amide bonds. The van der Waals surface area contributed by atoms with E-state index in [-0.39, 0.29) is 23.2 Å². The summed E-state index contributed by atoms with van der Waals surface area (Å²) < 4.78 is 5.57. The normalized spacial score (nSPS) is 34.1. The number of ether oxygens (including phenoxy) is 1. The molecule has 0 aromatic heterocycles. The van der Waals surface area contributed by atoms with Crippen molar-refractivity contribution in [2.24, 2.45) is 5.92 Å². The Morgan fingerprint density at radius 3 is 2.50 bits per heavy atom. The van der Waals surface area contributed by atoms with Gasteiger partial charge in [0.25, 0.3) is 0 Å². The van der Waals surface area contributed by atoms with E-state index in [1.165, 1.54) is 0 Å². The molecule has 5 heteroatoms. The van der Waals surface area contributed by atoms with Crippen LogP contribution in [0.5, 0.6) is 0 Å². The molecular formula is C15H21NO4. The standard InChI is InChI=1S/C15H21NO4/c1-10(2)14-13(16(18)19)12(9-15(3,17)20-14)11-7-5-4-6-8-11/h4-8,10,12-14,17H,9H2,1-3H3. The van der Waals surface area contributed by atoms with E-state index >= 15 is 0 Å². The molecule has 1 aromatic rings. The van der Waals surface area contributed by atoms with Crippen LogP contribution in [0, 0.1) is 16.0 Å². The molecule has 0 aliphatic carbocycles. The third-order valence-electron chi connectivity index (χ3n) is 3.87. The Morgan fingerprint density at radius 1 is 1.40 bits per heavy atom. The van der Waals surface area contributed by atoms with Gasteiger partial charge in [0.05, 0.1) is 5.92 Å². The van der Waals surface area contributed by atoms with Gasteiger partial charge in [-0.2, -0.15) is 0 Å². The Hall–Kier alpha value is -1.46. The average Bonchev–Trinajstić information content (AvgIpc) is 2.37. The zero-order chi connectivity index (χ0) is 14.9. The highest BCUT2D eigenvalue weighted by Gasteiger charge is 2.51. The lowest BCUT2D eigenvalue weighted by Gasteiger charge is -2.42. The predicted molar refractivity (Wildman–Crippen MR) is 74.9 cm³/mol. The van der Waals surface area contributed by atoms with E-state index < -0.39 is 17.9 Å². The highest BCUT2D eigenvalue weighted by molar-refractivity contribution is 5.22. The van der Waals surface area contributed by atoms with Gasteiger partial charge in [-0.25, -0.2) is 0 Å². The maximum absolute atomic E-state index is 11.5. The zero-order valence-corrected chi connectivity index (χ0v) is 12.0. The van der Waals surface area contributed by atoms with Crippen molar-refractivity contribution in [3.8, 4) is 0 Å². The Morgan fingerprint density at radius 2 is 2.00 bits per heavy atom. The number of nitrogens with zero attached hydrogens (tertiary/aromatic N) is 1. The molecule has 0 spiro atoms. The summed E-state index contributed by atoms with van der Waals surface area (Å²) in [6.45, 7) is 5.34. The van der Waals surface area contributed by atoms with Gasteiger partial charge in [-0.3, -0.25) is 10.1 Å². The van der Waals surface area contributed by atoms with Crippen molar-refractivity contribution in [1.82, 2.24) is 0 Å². The second-order valence-electron chi connectivity index (χ2n) is 6.00. The molecule has 4 atom stereocenters. The van der Waals surface area contributed by atoms with Gasteiger partial charge in [0, 0.05) is 11.3 Å². The summed E-state index contributed by atoms with van der Waals surface area (Å²) >= 11 is 0. The fourth-order valence-corrected chi connectivity index (χ4v) is 2.98. The molecule has 1 saturated heterocycles. The minimum Gasteiger partial charge on any atom is -0.366 e. The van der Waals surface area contributed by atoms with Crippen molar-refractivity contribution in [2.45, 2.75) is 51.0 Å². The third kappa shape index (κ3) is 2.99. The van der Waals surface area contributed by atoms with Gasteiger partial charge in [-0.05, 0) is 18.4 Å². The monoisotopic (exact) mass is 279 g/mol. The molecule has 4 unspecified atom stereocenters. The van der Waals surface area contributed by atoms with Crippen molar-refractivity contribution >= 4 is 0 Å². The Balaban J connectivity index is 2.42. The summed E-state index contributed by atoms with van der Waals surface area (Å²) in [6.07, 6.45) is -0.370. The summed E-state index contributed by atoms with van der Waals surface area (Å²) in [5.41, 5.74) is 0.878. The van der Waals surface area contributed by atoms with E-state index in [1.54, 1.807) is 6.92 Å². The van der Waals surface area contributed by atoms with Crippen molar-refractivity contribution in [3.05, 3.63) is 46.0 Å². The van der Waals surface area contributed by atoms with E-state index in [0.29, 0.717) is 0 Å². The summed E-state index contributed by atoms with van der Waals surface area (Å²) in [6, 6.07) is 8.52. The zero-order valence-electron chi connectivity index (χ0n) is 12.0. The summed E-state index contributed by atoms with van der Waals surface area (Å²) in [4.78, 5) is 11.2. The van der Waals surface area contributed by atoms with Crippen LogP contribution in [0.15, 0.2) is 30.3 Å². The van der Waals surface area contributed by atoms with Crippen LogP contribution in [0.2, 0.25) is 0 Å². The molecule has 2 rings (SSSR count). The first-order valence-corrected chi connectivity index (χ1v) is 6.90. The first-order valence-electron chi connectivity index (χ1n) is 6.90. The smallest absolute Gasteiger partial charge is 0.246 e. The highest BCUT2D eigenvalue weighted by atomic mass is 16.7. The fraction of sp³-hybridized carbons (Fsp3) is 0.600. The first kappa shape index (κ1) is 14.9. The number of hydrogen-bond acceptors (Lipinski definition) is 4. The minimum absolute atomic E-state index is 0.0385. The maximum atomic E-state index is 11.5. The van der Waals surface area contributed by atoms with Crippen LogP contribution in [-0.4, -0.2) is 28.0 Å². The number of nitro groups is 1. The summed E-state index contributed by atoms with van der Waals surface area (Å²) in [7, 11) is 0. The molecule has 5 nitrogen and oxygen atoms in total. The van der Waals surface area contributed by atoms with E-state index in [1.807, 2.05) is 44.2 Å². The first-order chi connectivity index (χ1) is 9.32. The largest absolute Gasteiger partial charge is 0.366 e. The van der Waals surface area contributed by atoms with Crippen LogP contribution in [0.25, 0.3) is 0 Å². The molecule has 1 N–H and O–H groups in total. The molecule has 20 heavy (non-hydrogen) atoms. The third-order valence-corrected chi connectivity index (χ3v) is 3.87. The van der Waals surface area contributed by atoms with E-state index in [2.05, 4.69) is 0 Å². The number of hydrogen-bond donors (Lipinski definition) is 1. The van der Waals surface area contributed by atoms with Gasteiger partial charge < -0.3 is 9.84 Å². The lowest BCUT2D eigenvalue weighted by Crippen LogP contribution is -2.54. The second-order valence-corrected chi connectivity index (χ2v) is 6.00. The Bertz CT molecular complexity index is 472. The lowest BCUT2D eigenvalue weighted by atomic mass is 9.78. The minimum atomic E-state index is -1.33. The van der Waals surface area contributed by atoms with Gasteiger partial charge in [0.1, 0.15) is 6.10 Å². The molecule has 0 bridgehead atoms. The number of benzene rings is 1. The van der Waals surface area contributed by atoms with E-state index in [9.17, 15) is 15.2 Å². The molecule has 110 valence electrons. The molecule has 1 aliphatic heterocycles. The summed E-state index contributed by atoms with van der Waals surface area (Å²) in [5.74, 6) is -1.71. The SMILES string of the molecule is CC(C)C1OC(C)(O)CC(c2ccccc2)C1[N+](=O)[O-]. The quantitative estimate of drug-likeness (QED) is 0.681. The molecule has 1 heterocycles. The van der Waals surface area contributed by atoms with E-state index in [0.717, 1.165) is 5.56 Å². The van der Waals surface area contributed by atoms with Crippen molar-refractivity contribution in [1.29, 1.82) is 0 Å². The molecule has 1 fully saturated rings. The molecule has 0 saturated carbocycles. The molecule has 1 aliphatic rings. The van der Waals surface area contributed by atoms with Gasteiger partial charge in [-0.1, -0.05) is 44.2 Å². The Kier molecular flexibility index (Phi) is 4.11. The maximum Gasteiger partial charge on any atom is 0.246 e. The van der Waals surface area contributed by atoms with Crippen LogP contribution in [0.4, 0.5) is 0 Å². The molecular weight excluding hydrogens is 258 g/mol. The van der Waals surface area contributed by atoms with Crippen LogP contribution in [-0.2, 0) is 4.74 Å². The van der Waals surface area contributed by atoms with Gasteiger partial charge in [-0.15, -0.1) is 0 Å². The van der Waals surface area contributed by atoms with Crippen LogP contribution < -0.4 is 0 Å². The van der Waals surface area contributed by atoms with E-state index in [4.69, 9.17) is 4.74 Å². The number of rotatable bonds is 3. The van der Waals surface area contributed by atoms with Crippen molar-refractivity contribution in [2.75, 3.05) is 0 Å². The number of aliphatic hydroxyl groups is 1. The summed E-state index contributed by atoms with van der Waals surface area (Å²) in [5, 5.41) is 21.8. The molecule has 0 radical (unpaired) electrons. The Labute approximate surface area is 118 Å². The van der Waals surface area contributed by atoms with Crippen LogP contribution in [0.1, 0.15) is 38.7 Å². The predicted octanol–water partition coefficient (Wildman–Crippen LogP) is 2.57. The topological polar surface area (TPSA) is 72.6 Å². The fourth-order valence-electron chi connectivity index (χ4n) is 2.98.